The Morgan fingerprint density at radius 2 is 1.80 bits per heavy atom. The minimum Gasteiger partial charge on any atom is -0.495 e. The minimum atomic E-state index is -3.88. The van der Waals surface area contributed by atoms with Gasteiger partial charge in [-0.1, -0.05) is 61.8 Å². The molecule has 0 saturated carbocycles. The van der Waals surface area contributed by atoms with Gasteiger partial charge in [0.25, 0.3) is 0 Å². The van der Waals surface area contributed by atoms with Crippen LogP contribution in [0.15, 0.2) is 51.9 Å². The fraction of sp³-hybridized carbons (Fsp3) is 0.333. The van der Waals surface area contributed by atoms with Gasteiger partial charge in [0.1, 0.15) is 10.6 Å². The van der Waals surface area contributed by atoms with Gasteiger partial charge in [-0.3, -0.25) is 0 Å². The summed E-state index contributed by atoms with van der Waals surface area (Å²) in [6.07, 6.45) is 0. The second kappa shape index (κ2) is 8.37. The minimum absolute atomic E-state index is 0.0301. The quantitative estimate of drug-likeness (QED) is 0.550. The van der Waals surface area contributed by atoms with Crippen molar-refractivity contribution < 1.29 is 17.7 Å². The molecule has 0 N–H and O–H groups in total. The molecule has 0 spiro atoms. The number of halogens is 1. The van der Waals surface area contributed by atoms with Crippen molar-refractivity contribution >= 4 is 21.6 Å². The molecule has 0 radical (unpaired) electrons. The SMILES string of the molecule is COc1ccc(Cl)cc1S(=O)(=O)N(C)Cc1nc(-c2ccc(C(C)(C)C)cc2)no1. The molecule has 0 fully saturated rings. The Bertz CT molecular complexity index is 1140. The molecule has 0 atom stereocenters. The van der Waals surface area contributed by atoms with Crippen LogP contribution in [0.1, 0.15) is 32.2 Å². The maximum absolute atomic E-state index is 13.0. The second-order valence-corrected chi connectivity index (χ2v) is 10.3. The van der Waals surface area contributed by atoms with Gasteiger partial charge in [-0.15, -0.1) is 0 Å². The lowest BCUT2D eigenvalue weighted by Gasteiger charge is -2.18. The van der Waals surface area contributed by atoms with Crippen molar-refractivity contribution in [2.45, 2.75) is 37.6 Å². The highest BCUT2D eigenvalue weighted by atomic mass is 35.5. The first-order valence-electron chi connectivity index (χ1n) is 9.26. The monoisotopic (exact) mass is 449 g/mol. The van der Waals surface area contributed by atoms with Crippen molar-refractivity contribution in [1.82, 2.24) is 14.4 Å². The van der Waals surface area contributed by atoms with E-state index in [0.29, 0.717) is 10.8 Å². The highest BCUT2D eigenvalue weighted by molar-refractivity contribution is 7.89. The van der Waals surface area contributed by atoms with Gasteiger partial charge >= 0.3 is 0 Å². The van der Waals surface area contributed by atoms with E-state index in [1.165, 1.54) is 31.9 Å². The molecule has 0 unspecified atom stereocenters. The summed E-state index contributed by atoms with van der Waals surface area (Å²) < 4.78 is 37.5. The zero-order valence-electron chi connectivity index (χ0n) is 17.5. The van der Waals surface area contributed by atoms with Gasteiger partial charge in [-0.25, -0.2) is 8.42 Å². The summed E-state index contributed by atoms with van der Waals surface area (Å²) in [7, 11) is -1.06. The van der Waals surface area contributed by atoms with E-state index in [4.69, 9.17) is 20.9 Å². The predicted octanol–water partition coefficient (Wildman–Crippen LogP) is 4.52. The molecule has 1 heterocycles. The third-order valence-corrected chi connectivity index (χ3v) is 6.71. The summed E-state index contributed by atoms with van der Waals surface area (Å²) in [5.41, 5.74) is 2.02. The molecule has 30 heavy (non-hydrogen) atoms. The van der Waals surface area contributed by atoms with Crippen LogP contribution in [0.4, 0.5) is 0 Å². The van der Waals surface area contributed by atoms with Crippen LogP contribution in [0.2, 0.25) is 5.02 Å². The fourth-order valence-corrected chi connectivity index (χ4v) is 4.39. The zero-order valence-corrected chi connectivity index (χ0v) is 19.1. The van der Waals surface area contributed by atoms with Crippen molar-refractivity contribution in [2.24, 2.45) is 0 Å². The van der Waals surface area contributed by atoms with Crippen LogP contribution < -0.4 is 4.74 Å². The predicted molar refractivity (Wildman–Crippen MR) is 115 cm³/mol. The smallest absolute Gasteiger partial charge is 0.247 e. The van der Waals surface area contributed by atoms with Crippen LogP contribution in [0, 0.1) is 0 Å². The fourth-order valence-electron chi connectivity index (χ4n) is 2.85. The van der Waals surface area contributed by atoms with Crippen molar-refractivity contribution in [3.63, 3.8) is 0 Å². The van der Waals surface area contributed by atoms with Gasteiger partial charge in [-0.05, 0) is 29.2 Å². The molecule has 1 aromatic heterocycles. The first-order valence-corrected chi connectivity index (χ1v) is 11.1. The molecule has 3 rings (SSSR count). The van der Waals surface area contributed by atoms with E-state index in [2.05, 4.69) is 30.9 Å². The van der Waals surface area contributed by atoms with Crippen molar-refractivity contribution in [2.75, 3.05) is 14.2 Å². The third-order valence-electron chi connectivity index (χ3n) is 4.65. The van der Waals surface area contributed by atoms with E-state index < -0.39 is 10.0 Å². The topological polar surface area (TPSA) is 85.5 Å². The summed E-state index contributed by atoms with van der Waals surface area (Å²) in [6, 6.07) is 12.3. The number of sulfonamides is 1. The van der Waals surface area contributed by atoms with Crippen LogP contribution in [-0.2, 0) is 22.0 Å². The first kappa shape index (κ1) is 22.3. The molecule has 0 aliphatic carbocycles. The molecule has 0 aliphatic heterocycles. The normalized spacial score (nSPS) is 12.4. The lowest BCUT2D eigenvalue weighted by molar-refractivity contribution is 0.335. The molecule has 160 valence electrons. The van der Waals surface area contributed by atoms with E-state index in [-0.39, 0.29) is 28.5 Å². The highest BCUT2D eigenvalue weighted by Gasteiger charge is 2.27. The number of methoxy groups -OCH3 is 1. The number of nitrogens with zero attached hydrogens (tertiary/aromatic N) is 3. The average Bonchev–Trinajstić information content (AvgIpc) is 3.16. The van der Waals surface area contributed by atoms with Gasteiger partial charge in [-0.2, -0.15) is 9.29 Å². The number of hydrogen-bond acceptors (Lipinski definition) is 6. The van der Waals surface area contributed by atoms with Gasteiger partial charge < -0.3 is 9.26 Å². The van der Waals surface area contributed by atoms with E-state index >= 15 is 0 Å². The molecule has 0 bridgehead atoms. The maximum atomic E-state index is 13.0. The Morgan fingerprint density at radius 1 is 1.13 bits per heavy atom. The van der Waals surface area contributed by atoms with Crippen molar-refractivity contribution in [1.29, 1.82) is 0 Å². The van der Waals surface area contributed by atoms with E-state index in [0.717, 1.165) is 9.87 Å². The lowest BCUT2D eigenvalue weighted by Crippen LogP contribution is -2.27. The maximum Gasteiger partial charge on any atom is 0.247 e. The zero-order chi connectivity index (χ0) is 22.1. The van der Waals surface area contributed by atoms with Crippen molar-refractivity contribution in [3.8, 4) is 17.1 Å². The van der Waals surface area contributed by atoms with Gasteiger partial charge in [0.2, 0.25) is 21.7 Å². The molecule has 0 saturated heterocycles. The molecule has 9 heteroatoms. The summed E-state index contributed by atoms with van der Waals surface area (Å²) in [6.45, 7) is 6.32. The van der Waals surface area contributed by atoms with E-state index in [1.54, 1.807) is 6.07 Å². The van der Waals surface area contributed by atoms with Crippen molar-refractivity contribution in [3.05, 3.63) is 58.9 Å². The second-order valence-electron chi connectivity index (χ2n) is 7.90. The molecule has 2 aromatic carbocycles. The van der Waals surface area contributed by atoms with Crippen LogP contribution in [0.3, 0.4) is 0 Å². The number of aromatic nitrogens is 2. The number of ether oxygens (including phenoxy) is 1. The average molecular weight is 450 g/mol. The molecule has 3 aromatic rings. The molecule has 0 aliphatic rings. The number of hydrogen-bond donors (Lipinski definition) is 0. The Labute approximate surface area is 181 Å². The highest BCUT2D eigenvalue weighted by Crippen LogP contribution is 2.30. The van der Waals surface area contributed by atoms with Crippen LogP contribution in [0.25, 0.3) is 11.4 Å². The third kappa shape index (κ3) is 4.66. The Hall–Kier alpha value is -2.42. The van der Waals surface area contributed by atoms with Crippen LogP contribution >= 0.6 is 11.6 Å². The van der Waals surface area contributed by atoms with Gasteiger partial charge in [0.05, 0.1) is 13.7 Å². The standard InChI is InChI=1S/C21H24ClN3O4S/c1-21(2,3)15-8-6-14(7-9-15)20-23-19(29-24-20)13-25(4)30(26,27)18-12-16(22)10-11-17(18)28-5/h6-12H,13H2,1-5H3. The largest absolute Gasteiger partial charge is 0.495 e. The van der Waals surface area contributed by atoms with E-state index in [1.807, 2.05) is 24.3 Å². The van der Waals surface area contributed by atoms with Gasteiger partial charge in [0.15, 0.2) is 0 Å². The summed E-state index contributed by atoms with van der Waals surface area (Å²) >= 11 is 5.98. The Morgan fingerprint density at radius 3 is 2.40 bits per heavy atom. The molecular formula is C21H24ClN3O4S. The van der Waals surface area contributed by atoms with Crippen LogP contribution in [0.5, 0.6) is 5.75 Å². The van der Waals surface area contributed by atoms with Crippen LogP contribution in [-0.4, -0.2) is 37.0 Å². The Kier molecular flexibility index (Phi) is 6.21. The number of rotatable bonds is 6. The summed E-state index contributed by atoms with van der Waals surface area (Å²) in [5, 5.41) is 4.27. The number of benzene rings is 2. The van der Waals surface area contributed by atoms with E-state index in [9.17, 15) is 8.42 Å². The first-order chi connectivity index (χ1) is 14.0. The molecule has 7 nitrogen and oxygen atoms in total. The molecule has 0 amide bonds. The lowest BCUT2D eigenvalue weighted by atomic mass is 9.87. The van der Waals surface area contributed by atoms with Gasteiger partial charge in [0, 0.05) is 17.6 Å². The molecular weight excluding hydrogens is 426 g/mol. The summed E-state index contributed by atoms with van der Waals surface area (Å²) in [5.74, 6) is 0.782. The Balaban J connectivity index is 1.81. The summed E-state index contributed by atoms with van der Waals surface area (Å²) in [4.78, 5) is 4.31.